The SMILES string of the molecule is CC(C)(C)OC(=O)NCCCC(NC(=O)C(Cc1cn(C(=O)OC(C)(C)C)c2ccccc12)NC(=O)OC(C)(C)C)C(=O)O. The van der Waals surface area contributed by atoms with E-state index in [9.17, 15) is 29.1 Å². The van der Waals surface area contributed by atoms with Crippen LogP contribution in [-0.2, 0) is 30.2 Å². The Morgan fingerprint density at radius 2 is 1.36 bits per heavy atom. The molecule has 0 aliphatic heterocycles. The zero-order valence-corrected chi connectivity index (χ0v) is 27.0. The van der Waals surface area contributed by atoms with Gasteiger partial charge in [0.25, 0.3) is 0 Å². The van der Waals surface area contributed by atoms with Gasteiger partial charge in [0.05, 0.1) is 5.52 Å². The first-order valence-electron chi connectivity index (χ1n) is 14.5. The number of aromatic nitrogens is 1. The summed E-state index contributed by atoms with van der Waals surface area (Å²) < 4.78 is 17.4. The molecule has 0 saturated carbocycles. The van der Waals surface area contributed by atoms with Crippen LogP contribution >= 0.6 is 0 Å². The fraction of sp³-hybridized carbons (Fsp3) is 0.581. The number of carbonyl (C=O) groups excluding carboxylic acids is 4. The molecule has 1 aromatic heterocycles. The Hall–Kier alpha value is -4.29. The van der Waals surface area contributed by atoms with Gasteiger partial charge in [0.2, 0.25) is 5.91 Å². The molecule has 0 aliphatic rings. The molecule has 0 saturated heterocycles. The third-order valence-corrected chi connectivity index (χ3v) is 5.77. The van der Waals surface area contributed by atoms with Gasteiger partial charge in [0.1, 0.15) is 28.9 Å². The molecule has 1 aromatic carbocycles. The number of nitrogens with zero attached hydrogens (tertiary/aromatic N) is 1. The Labute approximate surface area is 258 Å². The van der Waals surface area contributed by atoms with Crippen LogP contribution in [-0.4, -0.2) is 75.3 Å². The molecule has 3 amide bonds. The quantitative estimate of drug-likeness (QED) is 0.217. The minimum absolute atomic E-state index is 0.00597. The van der Waals surface area contributed by atoms with E-state index in [0.717, 1.165) is 0 Å². The topological polar surface area (TPSA) is 174 Å². The van der Waals surface area contributed by atoms with Gasteiger partial charge in [-0.1, -0.05) is 18.2 Å². The largest absolute Gasteiger partial charge is 0.480 e. The average Bonchev–Trinajstić information content (AvgIpc) is 3.20. The number of amides is 3. The monoisotopic (exact) mass is 618 g/mol. The number of aliphatic carboxylic acids is 1. The first-order chi connectivity index (χ1) is 20.1. The van der Waals surface area contributed by atoms with Gasteiger partial charge in [-0.25, -0.2) is 19.2 Å². The van der Waals surface area contributed by atoms with Crippen LogP contribution in [0.25, 0.3) is 10.9 Å². The first kappa shape index (κ1) is 35.9. The Morgan fingerprint density at radius 1 is 0.795 bits per heavy atom. The molecular weight excluding hydrogens is 572 g/mol. The predicted octanol–water partition coefficient (Wildman–Crippen LogP) is 4.73. The van der Waals surface area contributed by atoms with E-state index >= 15 is 0 Å². The van der Waals surface area contributed by atoms with Gasteiger partial charge in [-0.15, -0.1) is 0 Å². The normalized spacial score (nSPS) is 13.4. The number of carboxylic acids is 1. The summed E-state index contributed by atoms with van der Waals surface area (Å²) >= 11 is 0. The number of para-hydroxylation sites is 1. The lowest BCUT2D eigenvalue weighted by Crippen LogP contribution is -2.53. The van der Waals surface area contributed by atoms with Crippen molar-refractivity contribution in [1.82, 2.24) is 20.5 Å². The summed E-state index contributed by atoms with van der Waals surface area (Å²) in [6.07, 6.45) is -0.465. The van der Waals surface area contributed by atoms with Crippen molar-refractivity contribution in [1.29, 1.82) is 0 Å². The lowest BCUT2D eigenvalue weighted by atomic mass is 10.0. The molecule has 0 radical (unpaired) electrons. The lowest BCUT2D eigenvalue weighted by molar-refractivity contribution is -0.142. The zero-order chi connectivity index (χ0) is 33.5. The van der Waals surface area contributed by atoms with E-state index in [-0.39, 0.29) is 25.8 Å². The number of fused-ring (bicyclic) bond motifs is 1. The van der Waals surface area contributed by atoms with E-state index in [0.29, 0.717) is 16.5 Å². The van der Waals surface area contributed by atoms with E-state index in [4.69, 9.17) is 14.2 Å². The number of carbonyl (C=O) groups is 5. The summed E-state index contributed by atoms with van der Waals surface area (Å²) in [6.45, 7) is 15.5. The Balaban J connectivity index is 2.28. The van der Waals surface area contributed by atoms with Crippen molar-refractivity contribution in [2.24, 2.45) is 0 Å². The summed E-state index contributed by atoms with van der Waals surface area (Å²) in [5, 5.41) is 18.0. The number of ether oxygens (including phenoxy) is 3. The molecule has 1 heterocycles. The molecule has 0 fully saturated rings. The van der Waals surface area contributed by atoms with Crippen LogP contribution in [0.5, 0.6) is 0 Å². The van der Waals surface area contributed by atoms with Crippen molar-refractivity contribution >= 4 is 41.1 Å². The summed E-state index contributed by atoms with van der Waals surface area (Å²) in [4.78, 5) is 63.1. The van der Waals surface area contributed by atoms with E-state index in [1.807, 2.05) is 0 Å². The second kappa shape index (κ2) is 14.5. The highest BCUT2D eigenvalue weighted by atomic mass is 16.6. The molecule has 0 aliphatic carbocycles. The lowest BCUT2D eigenvalue weighted by Gasteiger charge is -2.24. The molecule has 4 N–H and O–H groups in total. The number of nitrogens with one attached hydrogen (secondary N) is 3. The number of hydrogen-bond acceptors (Lipinski definition) is 8. The molecule has 2 unspecified atom stereocenters. The van der Waals surface area contributed by atoms with E-state index in [1.54, 1.807) is 86.6 Å². The van der Waals surface area contributed by atoms with Gasteiger partial charge < -0.3 is 35.3 Å². The summed E-state index contributed by atoms with van der Waals surface area (Å²) in [5.41, 5.74) is -1.22. The minimum atomic E-state index is -1.31. The Morgan fingerprint density at radius 3 is 1.93 bits per heavy atom. The third kappa shape index (κ3) is 12.1. The predicted molar refractivity (Wildman–Crippen MR) is 163 cm³/mol. The number of benzene rings is 1. The summed E-state index contributed by atoms with van der Waals surface area (Å²) in [7, 11) is 0. The number of hydrogen-bond donors (Lipinski definition) is 4. The number of alkyl carbamates (subject to hydrolysis) is 2. The van der Waals surface area contributed by atoms with Crippen LogP contribution in [0.3, 0.4) is 0 Å². The molecule has 13 heteroatoms. The highest BCUT2D eigenvalue weighted by molar-refractivity contribution is 5.94. The van der Waals surface area contributed by atoms with E-state index < -0.39 is 59.0 Å². The molecule has 13 nitrogen and oxygen atoms in total. The first-order valence-corrected chi connectivity index (χ1v) is 14.5. The Kier molecular flexibility index (Phi) is 11.8. The van der Waals surface area contributed by atoms with Gasteiger partial charge in [0.15, 0.2) is 0 Å². The zero-order valence-electron chi connectivity index (χ0n) is 27.0. The highest BCUT2D eigenvalue weighted by Gasteiger charge is 2.30. The van der Waals surface area contributed by atoms with Gasteiger partial charge >= 0.3 is 24.2 Å². The molecule has 0 bridgehead atoms. The van der Waals surface area contributed by atoms with E-state index in [2.05, 4.69) is 16.0 Å². The van der Waals surface area contributed by atoms with Crippen molar-refractivity contribution < 1.29 is 43.3 Å². The fourth-order valence-electron chi connectivity index (χ4n) is 4.09. The third-order valence-electron chi connectivity index (χ3n) is 5.77. The molecule has 0 spiro atoms. The maximum Gasteiger partial charge on any atom is 0.419 e. The molecule has 2 rings (SSSR count). The van der Waals surface area contributed by atoms with Crippen molar-refractivity contribution in [2.45, 2.75) is 110 Å². The van der Waals surface area contributed by atoms with Crippen LogP contribution in [0.2, 0.25) is 0 Å². The molecular formula is C31H46N4O9. The number of rotatable bonds is 10. The van der Waals surface area contributed by atoms with Gasteiger partial charge in [-0.3, -0.25) is 9.36 Å². The van der Waals surface area contributed by atoms with Crippen molar-refractivity contribution in [3.63, 3.8) is 0 Å². The Bertz CT molecular complexity index is 1350. The molecule has 2 atom stereocenters. The van der Waals surface area contributed by atoms with Crippen LogP contribution in [0.1, 0.15) is 80.7 Å². The summed E-state index contributed by atoms with van der Waals surface area (Å²) in [5.74, 6) is -2.05. The van der Waals surface area contributed by atoms with Crippen LogP contribution in [0.15, 0.2) is 30.5 Å². The summed E-state index contributed by atoms with van der Waals surface area (Å²) in [6, 6.07) is 4.45. The van der Waals surface area contributed by atoms with Gasteiger partial charge in [-0.2, -0.15) is 0 Å². The van der Waals surface area contributed by atoms with E-state index in [1.165, 1.54) is 10.8 Å². The van der Waals surface area contributed by atoms with Crippen molar-refractivity contribution in [3.8, 4) is 0 Å². The fourth-order valence-corrected chi connectivity index (χ4v) is 4.09. The van der Waals surface area contributed by atoms with Crippen LogP contribution < -0.4 is 16.0 Å². The second-order valence-electron chi connectivity index (χ2n) is 13.4. The van der Waals surface area contributed by atoms with Crippen molar-refractivity contribution in [3.05, 3.63) is 36.0 Å². The van der Waals surface area contributed by atoms with Crippen molar-refractivity contribution in [2.75, 3.05) is 6.54 Å². The highest BCUT2D eigenvalue weighted by Crippen LogP contribution is 2.24. The second-order valence-corrected chi connectivity index (χ2v) is 13.4. The van der Waals surface area contributed by atoms with Gasteiger partial charge in [-0.05, 0) is 86.8 Å². The smallest absolute Gasteiger partial charge is 0.419 e. The molecule has 2 aromatic rings. The van der Waals surface area contributed by atoms with Crippen LogP contribution in [0, 0.1) is 0 Å². The maximum absolute atomic E-state index is 13.5. The van der Waals surface area contributed by atoms with Crippen LogP contribution in [0.4, 0.5) is 14.4 Å². The minimum Gasteiger partial charge on any atom is -0.480 e. The molecule has 44 heavy (non-hydrogen) atoms. The average molecular weight is 619 g/mol. The number of carboxylic acid groups (broad SMARTS) is 1. The maximum atomic E-state index is 13.5. The molecule has 244 valence electrons. The van der Waals surface area contributed by atoms with Gasteiger partial charge in [0, 0.05) is 24.5 Å². The standard InChI is InChI=1S/C31H46N4O9/c1-29(2,3)42-26(39)32-16-12-14-21(25(37)38)33-24(36)22(34-27(40)43-30(4,5)6)17-19-18-35(28(41)44-31(7,8)9)23-15-11-10-13-20(19)23/h10-11,13,15,18,21-22H,12,14,16-17H2,1-9H3,(H,32,39)(H,33,36)(H,34,40)(H,37,38).